The Labute approximate surface area is 103 Å². The van der Waals surface area contributed by atoms with E-state index in [2.05, 4.69) is 0 Å². The van der Waals surface area contributed by atoms with Crippen molar-refractivity contribution in [3.63, 3.8) is 0 Å². The van der Waals surface area contributed by atoms with Gasteiger partial charge in [0.15, 0.2) is 11.5 Å². The molecular formula is C12H15F3O3. The highest BCUT2D eigenvalue weighted by Crippen LogP contribution is 2.43. The summed E-state index contributed by atoms with van der Waals surface area (Å²) in [7, 11) is 1.17. The first-order chi connectivity index (χ1) is 8.13. The Morgan fingerprint density at radius 1 is 1.22 bits per heavy atom. The molecule has 0 aliphatic heterocycles. The number of hydrogen-bond donors (Lipinski definition) is 2. The van der Waals surface area contributed by atoms with Gasteiger partial charge >= 0.3 is 6.18 Å². The van der Waals surface area contributed by atoms with Crippen LogP contribution in [0.25, 0.3) is 0 Å². The lowest BCUT2D eigenvalue weighted by Gasteiger charge is -2.24. The van der Waals surface area contributed by atoms with Gasteiger partial charge in [0.1, 0.15) is 5.56 Å². The molecule has 0 aromatic heterocycles. The van der Waals surface area contributed by atoms with Crippen LogP contribution in [0.15, 0.2) is 12.1 Å². The smallest absolute Gasteiger partial charge is 0.420 e. The third-order valence-electron chi connectivity index (χ3n) is 2.78. The van der Waals surface area contributed by atoms with Gasteiger partial charge in [-0.05, 0) is 17.7 Å². The highest BCUT2D eigenvalue weighted by Gasteiger charge is 2.37. The number of rotatable bonds is 3. The van der Waals surface area contributed by atoms with Gasteiger partial charge in [0.25, 0.3) is 0 Å². The molecule has 1 aromatic rings. The summed E-state index contributed by atoms with van der Waals surface area (Å²) in [5, 5.41) is 18.7. The molecule has 0 atom stereocenters. The summed E-state index contributed by atoms with van der Waals surface area (Å²) in [5.41, 5.74) is -1.79. The lowest BCUT2D eigenvalue weighted by molar-refractivity contribution is -0.139. The Hall–Kier alpha value is -1.43. The zero-order valence-electron chi connectivity index (χ0n) is 10.3. The molecule has 6 heteroatoms. The number of alkyl halides is 3. The van der Waals surface area contributed by atoms with Crippen molar-refractivity contribution in [1.29, 1.82) is 0 Å². The Balaban J connectivity index is 3.50. The quantitative estimate of drug-likeness (QED) is 0.882. The molecule has 1 rings (SSSR count). The van der Waals surface area contributed by atoms with E-state index in [0.717, 1.165) is 6.07 Å². The fourth-order valence-electron chi connectivity index (χ4n) is 1.46. The first-order valence-electron chi connectivity index (χ1n) is 5.23. The first-order valence-corrected chi connectivity index (χ1v) is 5.23. The van der Waals surface area contributed by atoms with E-state index in [1.165, 1.54) is 13.2 Å². The van der Waals surface area contributed by atoms with Crippen molar-refractivity contribution in [1.82, 2.24) is 0 Å². The minimum absolute atomic E-state index is 0.243. The maximum absolute atomic E-state index is 12.8. The van der Waals surface area contributed by atoms with E-state index in [0.29, 0.717) is 0 Å². The number of hydrogen-bond acceptors (Lipinski definition) is 3. The van der Waals surface area contributed by atoms with Crippen LogP contribution < -0.4 is 4.74 Å². The second-order valence-corrected chi connectivity index (χ2v) is 4.61. The van der Waals surface area contributed by atoms with Crippen LogP contribution in [0, 0.1) is 0 Å². The summed E-state index contributed by atoms with van der Waals surface area (Å²) in [6.07, 6.45) is -4.68. The first kappa shape index (κ1) is 14.6. The van der Waals surface area contributed by atoms with E-state index >= 15 is 0 Å². The number of phenolic OH excluding ortho intramolecular Hbond substituents is 1. The Bertz CT molecular complexity index is 439. The van der Waals surface area contributed by atoms with Crippen LogP contribution >= 0.6 is 0 Å². The predicted octanol–water partition coefficient (Wildman–Crippen LogP) is 2.69. The van der Waals surface area contributed by atoms with Crippen molar-refractivity contribution in [2.24, 2.45) is 0 Å². The monoisotopic (exact) mass is 264 g/mol. The highest BCUT2D eigenvalue weighted by atomic mass is 19.4. The summed E-state index contributed by atoms with van der Waals surface area (Å²) < 4.78 is 43.0. The van der Waals surface area contributed by atoms with Gasteiger partial charge in [-0.3, -0.25) is 0 Å². The van der Waals surface area contributed by atoms with Gasteiger partial charge in [0, 0.05) is 5.41 Å². The van der Waals surface area contributed by atoms with Crippen LogP contribution in [0.4, 0.5) is 13.2 Å². The number of phenols is 1. The standard InChI is InChI=1S/C12H15F3O3/c1-11(2,6-16)7-4-8(12(13,14)15)10(17)9(5-7)18-3/h4-5,16-17H,6H2,1-3H3. The normalized spacial score (nSPS) is 12.6. The Morgan fingerprint density at radius 2 is 1.78 bits per heavy atom. The molecule has 0 unspecified atom stereocenters. The van der Waals surface area contributed by atoms with E-state index in [4.69, 9.17) is 4.74 Å². The van der Waals surface area contributed by atoms with Crippen molar-refractivity contribution in [2.45, 2.75) is 25.4 Å². The van der Waals surface area contributed by atoms with Crippen LogP contribution in [0.1, 0.15) is 25.0 Å². The van der Waals surface area contributed by atoms with E-state index in [1.54, 1.807) is 13.8 Å². The number of aliphatic hydroxyl groups excluding tert-OH is 1. The summed E-state index contributed by atoms with van der Waals surface area (Å²) in [4.78, 5) is 0. The van der Waals surface area contributed by atoms with Gasteiger partial charge in [-0.1, -0.05) is 13.8 Å². The fourth-order valence-corrected chi connectivity index (χ4v) is 1.46. The molecule has 0 spiro atoms. The molecule has 3 nitrogen and oxygen atoms in total. The third-order valence-corrected chi connectivity index (χ3v) is 2.78. The van der Waals surface area contributed by atoms with Gasteiger partial charge < -0.3 is 14.9 Å². The lowest BCUT2D eigenvalue weighted by Crippen LogP contribution is -2.23. The fraction of sp³-hybridized carbons (Fsp3) is 0.500. The number of halogens is 3. The van der Waals surface area contributed by atoms with Crippen LogP contribution in [0.2, 0.25) is 0 Å². The molecule has 0 aliphatic rings. The zero-order valence-corrected chi connectivity index (χ0v) is 10.3. The molecule has 2 N–H and O–H groups in total. The van der Waals surface area contributed by atoms with Crippen molar-refractivity contribution >= 4 is 0 Å². The maximum atomic E-state index is 12.8. The van der Waals surface area contributed by atoms with Gasteiger partial charge in [0.05, 0.1) is 13.7 Å². The molecule has 0 saturated carbocycles. The maximum Gasteiger partial charge on any atom is 0.420 e. The second kappa shape index (κ2) is 4.68. The van der Waals surface area contributed by atoms with Gasteiger partial charge in [-0.15, -0.1) is 0 Å². The summed E-state index contributed by atoms with van der Waals surface area (Å²) in [5.74, 6) is -1.20. The van der Waals surface area contributed by atoms with Crippen molar-refractivity contribution in [3.05, 3.63) is 23.3 Å². The largest absolute Gasteiger partial charge is 0.504 e. The Morgan fingerprint density at radius 3 is 2.17 bits per heavy atom. The van der Waals surface area contributed by atoms with Gasteiger partial charge in [0.2, 0.25) is 0 Å². The molecule has 0 aliphatic carbocycles. The average molecular weight is 264 g/mol. The minimum Gasteiger partial charge on any atom is -0.504 e. The molecule has 0 radical (unpaired) electrons. The lowest BCUT2D eigenvalue weighted by atomic mass is 9.84. The number of ether oxygens (including phenoxy) is 1. The third kappa shape index (κ3) is 2.69. The molecule has 1 aromatic carbocycles. The Kier molecular flexibility index (Phi) is 3.81. The van der Waals surface area contributed by atoms with Crippen LogP contribution in [-0.2, 0) is 11.6 Å². The number of aromatic hydroxyl groups is 1. The molecule has 0 saturated heterocycles. The number of aliphatic hydroxyl groups is 1. The van der Waals surface area contributed by atoms with Crippen molar-refractivity contribution < 1.29 is 28.1 Å². The molecule has 0 bridgehead atoms. The van der Waals surface area contributed by atoms with E-state index < -0.39 is 22.9 Å². The van der Waals surface area contributed by atoms with E-state index in [-0.39, 0.29) is 17.9 Å². The van der Waals surface area contributed by atoms with Gasteiger partial charge in [-0.2, -0.15) is 13.2 Å². The minimum atomic E-state index is -4.68. The topological polar surface area (TPSA) is 49.7 Å². The molecular weight excluding hydrogens is 249 g/mol. The van der Waals surface area contributed by atoms with Crippen LogP contribution in [-0.4, -0.2) is 23.9 Å². The summed E-state index contributed by atoms with van der Waals surface area (Å²) in [6, 6.07) is 2.12. The van der Waals surface area contributed by atoms with Crippen LogP contribution in [0.3, 0.4) is 0 Å². The van der Waals surface area contributed by atoms with Crippen LogP contribution in [0.5, 0.6) is 11.5 Å². The number of methoxy groups -OCH3 is 1. The van der Waals surface area contributed by atoms with Gasteiger partial charge in [-0.25, -0.2) is 0 Å². The second-order valence-electron chi connectivity index (χ2n) is 4.61. The molecule has 0 fully saturated rings. The van der Waals surface area contributed by atoms with E-state index in [9.17, 15) is 23.4 Å². The summed E-state index contributed by atoms with van der Waals surface area (Å²) >= 11 is 0. The summed E-state index contributed by atoms with van der Waals surface area (Å²) in [6.45, 7) is 2.87. The van der Waals surface area contributed by atoms with Crippen molar-refractivity contribution in [2.75, 3.05) is 13.7 Å². The highest BCUT2D eigenvalue weighted by molar-refractivity contribution is 5.51. The molecule has 102 valence electrons. The zero-order chi connectivity index (χ0) is 14.1. The van der Waals surface area contributed by atoms with Crippen molar-refractivity contribution in [3.8, 4) is 11.5 Å². The number of benzene rings is 1. The van der Waals surface area contributed by atoms with E-state index in [1.807, 2.05) is 0 Å². The predicted molar refractivity (Wildman–Crippen MR) is 59.8 cm³/mol. The molecule has 0 heterocycles. The average Bonchev–Trinajstić information content (AvgIpc) is 2.27. The molecule has 0 amide bonds. The SMILES string of the molecule is COc1cc(C(C)(C)CO)cc(C(F)(F)F)c1O. The molecule has 18 heavy (non-hydrogen) atoms.